The molecule has 4 atom stereocenters. The Morgan fingerprint density at radius 2 is 1.12 bits per heavy atom. The van der Waals surface area contributed by atoms with Gasteiger partial charge in [0, 0.05) is 25.2 Å². The van der Waals surface area contributed by atoms with Crippen LogP contribution in [0.1, 0.15) is 36.8 Å². The van der Waals surface area contributed by atoms with Crippen molar-refractivity contribution in [2.24, 2.45) is 0 Å². The molecule has 2 aromatic rings. The van der Waals surface area contributed by atoms with Crippen molar-refractivity contribution in [2.45, 2.75) is 50.9 Å². The number of hydrogen-bond acceptors (Lipinski definition) is 2. The molecule has 2 nitrogen and oxygen atoms in total. The minimum Gasteiger partial charge on any atom is -0.308 e. The van der Waals surface area contributed by atoms with Gasteiger partial charge in [0.15, 0.2) is 0 Å². The Kier molecular flexibility index (Phi) is 6.81. The number of rotatable bonds is 6. The van der Waals surface area contributed by atoms with E-state index in [2.05, 4.69) is 77.6 Å². The quantitative estimate of drug-likeness (QED) is 0.776. The van der Waals surface area contributed by atoms with Crippen molar-refractivity contribution in [1.29, 1.82) is 0 Å². The number of nitrogens with one attached hydrogen (secondary N) is 2. The lowest BCUT2D eigenvalue weighted by atomic mass is 9.90. The van der Waals surface area contributed by atoms with E-state index >= 15 is 0 Å². The third kappa shape index (κ3) is 4.87. The number of benzene rings is 2. The predicted octanol–water partition coefficient (Wildman–Crippen LogP) is 2.88. The van der Waals surface area contributed by atoms with Gasteiger partial charge in [-0.3, -0.25) is 0 Å². The summed E-state index contributed by atoms with van der Waals surface area (Å²) in [5.74, 6) is 0. The SMILES string of the molecule is Pc1ccccc1CNC1CCCCC1NCc1ccccc1P. The zero-order valence-electron chi connectivity index (χ0n) is 14.2. The van der Waals surface area contributed by atoms with Gasteiger partial charge < -0.3 is 10.6 Å². The summed E-state index contributed by atoms with van der Waals surface area (Å²) in [7, 11) is 5.68. The predicted molar refractivity (Wildman–Crippen MR) is 111 cm³/mol. The molecule has 2 aromatic carbocycles. The molecular weight excluding hydrogens is 330 g/mol. The van der Waals surface area contributed by atoms with Gasteiger partial charge in [0.05, 0.1) is 0 Å². The molecule has 0 amide bonds. The summed E-state index contributed by atoms with van der Waals surface area (Å²) < 4.78 is 0. The Balaban J connectivity index is 1.57. The van der Waals surface area contributed by atoms with Crippen molar-refractivity contribution in [3.63, 3.8) is 0 Å². The van der Waals surface area contributed by atoms with E-state index in [9.17, 15) is 0 Å². The summed E-state index contributed by atoms with van der Waals surface area (Å²) in [5, 5.41) is 10.2. The van der Waals surface area contributed by atoms with Crippen molar-refractivity contribution >= 4 is 29.1 Å². The fraction of sp³-hybridized carbons (Fsp3) is 0.400. The fourth-order valence-electron chi connectivity index (χ4n) is 3.49. The van der Waals surface area contributed by atoms with Gasteiger partial charge in [-0.1, -0.05) is 61.4 Å². The topological polar surface area (TPSA) is 24.1 Å². The molecule has 0 spiro atoms. The van der Waals surface area contributed by atoms with E-state index in [1.807, 2.05) is 0 Å². The van der Waals surface area contributed by atoms with Gasteiger partial charge >= 0.3 is 0 Å². The maximum atomic E-state index is 3.80. The van der Waals surface area contributed by atoms with Crippen molar-refractivity contribution in [3.8, 4) is 0 Å². The molecule has 0 heterocycles. The Morgan fingerprint density at radius 3 is 1.54 bits per heavy atom. The Bertz CT molecular complexity index is 602. The van der Waals surface area contributed by atoms with Crippen LogP contribution in [-0.4, -0.2) is 12.1 Å². The molecule has 3 rings (SSSR count). The standard InChI is InChI=1S/C20H28N2P2/c23-19-11-5-1-7-15(19)13-21-17-9-3-4-10-18(17)22-14-16-8-2-6-12-20(16)24/h1-2,5-8,11-12,17-18,21-22H,3-4,9-10,13-14,23-24H2. The van der Waals surface area contributed by atoms with Gasteiger partial charge in [-0.25, -0.2) is 0 Å². The summed E-state index contributed by atoms with van der Waals surface area (Å²) in [6, 6.07) is 18.3. The average molecular weight is 358 g/mol. The van der Waals surface area contributed by atoms with E-state index in [1.165, 1.54) is 47.4 Å². The molecule has 0 saturated heterocycles. The highest BCUT2D eigenvalue weighted by molar-refractivity contribution is 7.27. The largest absolute Gasteiger partial charge is 0.308 e. The molecule has 1 fully saturated rings. The lowest BCUT2D eigenvalue weighted by Crippen LogP contribution is -2.49. The van der Waals surface area contributed by atoms with Crippen LogP contribution in [0.15, 0.2) is 48.5 Å². The molecule has 4 unspecified atom stereocenters. The van der Waals surface area contributed by atoms with Gasteiger partial charge in [-0.15, -0.1) is 18.5 Å². The minimum absolute atomic E-state index is 0.556. The van der Waals surface area contributed by atoms with Crippen LogP contribution in [0.5, 0.6) is 0 Å². The van der Waals surface area contributed by atoms with Gasteiger partial charge in [-0.05, 0) is 34.6 Å². The third-order valence-corrected chi connectivity index (χ3v) is 6.11. The highest BCUT2D eigenvalue weighted by Gasteiger charge is 2.24. The molecule has 2 N–H and O–H groups in total. The first kappa shape index (κ1) is 18.0. The highest BCUT2D eigenvalue weighted by Crippen LogP contribution is 2.19. The van der Waals surface area contributed by atoms with Crippen LogP contribution in [0.2, 0.25) is 0 Å². The molecule has 0 radical (unpaired) electrons. The summed E-state index contributed by atoms with van der Waals surface area (Å²) in [4.78, 5) is 0. The lowest BCUT2D eigenvalue weighted by Gasteiger charge is -2.33. The maximum absolute atomic E-state index is 3.80. The maximum Gasteiger partial charge on any atom is 0.0224 e. The molecule has 24 heavy (non-hydrogen) atoms. The molecule has 0 aliphatic heterocycles. The molecular formula is C20H28N2P2. The second-order valence-corrected chi connectivity index (χ2v) is 7.90. The lowest BCUT2D eigenvalue weighted by molar-refractivity contribution is 0.281. The van der Waals surface area contributed by atoms with Crippen LogP contribution in [0.25, 0.3) is 0 Å². The second kappa shape index (κ2) is 9.07. The van der Waals surface area contributed by atoms with E-state index in [4.69, 9.17) is 0 Å². The summed E-state index contributed by atoms with van der Waals surface area (Å²) in [5.41, 5.74) is 2.75. The van der Waals surface area contributed by atoms with E-state index in [1.54, 1.807) is 0 Å². The molecule has 1 saturated carbocycles. The Labute approximate surface area is 150 Å². The highest BCUT2D eigenvalue weighted by atomic mass is 31.0. The van der Waals surface area contributed by atoms with Gasteiger partial charge in [0.1, 0.15) is 0 Å². The summed E-state index contributed by atoms with van der Waals surface area (Å²) >= 11 is 0. The first-order valence-corrected chi connectivity index (χ1v) is 10.0. The molecule has 128 valence electrons. The molecule has 1 aliphatic rings. The van der Waals surface area contributed by atoms with Crippen molar-refractivity contribution < 1.29 is 0 Å². The van der Waals surface area contributed by atoms with Crippen LogP contribution in [0.4, 0.5) is 0 Å². The zero-order chi connectivity index (χ0) is 16.8. The van der Waals surface area contributed by atoms with Crippen molar-refractivity contribution in [1.82, 2.24) is 10.6 Å². The summed E-state index contributed by atoms with van der Waals surface area (Å²) in [6.07, 6.45) is 5.19. The molecule has 4 heteroatoms. The summed E-state index contributed by atoms with van der Waals surface area (Å²) in [6.45, 7) is 1.89. The van der Waals surface area contributed by atoms with Gasteiger partial charge in [-0.2, -0.15) is 0 Å². The van der Waals surface area contributed by atoms with Crippen LogP contribution in [0, 0.1) is 0 Å². The van der Waals surface area contributed by atoms with Crippen LogP contribution < -0.4 is 21.2 Å². The smallest absolute Gasteiger partial charge is 0.0224 e. The van der Waals surface area contributed by atoms with E-state index in [-0.39, 0.29) is 0 Å². The second-order valence-electron chi connectivity index (χ2n) is 6.66. The van der Waals surface area contributed by atoms with Crippen LogP contribution >= 0.6 is 18.5 Å². The molecule has 0 aromatic heterocycles. The van der Waals surface area contributed by atoms with E-state index in [0.717, 1.165) is 13.1 Å². The third-order valence-electron chi connectivity index (χ3n) is 4.99. The zero-order valence-corrected chi connectivity index (χ0v) is 16.5. The molecule has 0 bridgehead atoms. The van der Waals surface area contributed by atoms with Crippen molar-refractivity contribution in [2.75, 3.05) is 0 Å². The first-order valence-electron chi connectivity index (χ1n) is 8.87. The minimum atomic E-state index is 0.556. The normalized spacial score (nSPS) is 20.9. The monoisotopic (exact) mass is 358 g/mol. The fourth-order valence-corrected chi connectivity index (χ4v) is 4.11. The van der Waals surface area contributed by atoms with Crippen LogP contribution in [-0.2, 0) is 13.1 Å². The first-order chi connectivity index (χ1) is 11.7. The van der Waals surface area contributed by atoms with Gasteiger partial charge in [0.2, 0.25) is 0 Å². The average Bonchev–Trinajstić information content (AvgIpc) is 2.61. The van der Waals surface area contributed by atoms with Crippen molar-refractivity contribution in [3.05, 3.63) is 59.7 Å². The Hall–Kier alpha value is -0.780. The van der Waals surface area contributed by atoms with Crippen LogP contribution in [0.3, 0.4) is 0 Å². The molecule has 1 aliphatic carbocycles. The van der Waals surface area contributed by atoms with Gasteiger partial charge in [0.25, 0.3) is 0 Å². The Morgan fingerprint density at radius 1 is 0.708 bits per heavy atom. The van der Waals surface area contributed by atoms with E-state index in [0.29, 0.717) is 12.1 Å². The van der Waals surface area contributed by atoms with E-state index < -0.39 is 0 Å². The number of hydrogen-bond donors (Lipinski definition) is 2.